The van der Waals surface area contributed by atoms with Crippen molar-refractivity contribution in [3.63, 3.8) is 0 Å². The number of hydrogen-bond acceptors (Lipinski definition) is 4. The number of benzene rings is 1. The summed E-state index contributed by atoms with van der Waals surface area (Å²) in [5, 5.41) is 0.121. The van der Waals surface area contributed by atoms with Gasteiger partial charge in [-0.3, -0.25) is 0 Å². The third-order valence-corrected chi connectivity index (χ3v) is 1.92. The van der Waals surface area contributed by atoms with Crippen LogP contribution < -0.4 is 22.9 Å². The Morgan fingerprint density at radius 3 is 2.00 bits per heavy atom. The van der Waals surface area contributed by atoms with Crippen molar-refractivity contribution in [3.8, 4) is 0 Å². The lowest BCUT2D eigenvalue weighted by atomic mass is 10.1. The Labute approximate surface area is 93.2 Å². The predicted molar refractivity (Wildman–Crippen MR) is 64.3 cm³/mol. The summed E-state index contributed by atoms with van der Waals surface area (Å²) in [7, 11) is 0. The normalized spacial score (nSPS) is 11.1. The molecule has 0 amide bonds. The Bertz CT molecular complexity index is 398. The van der Waals surface area contributed by atoms with E-state index < -0.39 is 0 Å². The Balaban J connectivity index is 3.18. The monoisotopic (exact) mass is 224 g/mol. The van der Waals surface area contributed by atoms with Gasteiger partial charge in [-0.15, -0.1) is 0 Å². The second-order valence-electron chi connectivity index (χ2n) is 3.02. The Morgan fingerprint density at radius 1 is 1.07 bits per heavy atom. The molecular weight excluding hydrogens is 212 g/mol. The minimum absolute atomic E-state index is 0.121. The fourth-order valence-electron chi connectivity index (χ4n) is 1.13. The lowest BCUT2D eigenvalue weighted by molar-refractivity contribution is 1.25. The van der Waals surface area contributed by atoms with Gasteiger partial charge in [0, 0.05) is 11.3 Å². The van der Waals surface area contributed by atoms with Gasteiger partial charge in [0.2, 0.25) is 0 Å². The van der Waals surface area contributed by atoms with Gasteiger partial charge in [-0.25, -0.2) is 0 Å². The average molecular weight is 225 g/mol. The topological polar surface area (TPSA) is 104 Å². The van der Waals surface area contributed by atoms with Gasteiger partial charge in [0.05, 0.1) is 5.16 Å². The van der Waals surface area contributed by atoms with E-state index in [0.29, 0.717) is 11.3 Å². The number of rotatable bonds is 2. The van der Waals surface area contributed by atoms with E-state index in [0.717, 1.165) is 5.56 Å². The van der Waals surface area contributed by atoms with Gasteiger partial charge in [-0.2, -0.15) is 0 Å². The molecule has 0 aliphatic carbocycles. The summed E-state index contributed by atoms with van der Waals surface area (Å²) in [6.07, 6.45) is 1.50. The quantitative estimate of drug-likeness (QED) is 0.340. The number of hydrogen-bond donors (Lipinski definition) is 4. The zero-order valence-electron chi connectivity index (χ0n) is 8.07. The Hall–Kier alpha value is -1.81. The lowest BCUT2D eigenvalue weighted by Crippen LogP contribution is -2.11. The zero-order valence-corrected chi connectivity index (χ0v) is 8.83. The van der Waals surface area contributed by atoms with Crippen LogP contribution in [0, 0.1) is 0 Å². The molecule has 1 rings (SSSR count). The van der Waals surface area contributed by atoms with Crippen LogP contribution >= 0.6 is 11.6 Å². The van der Waals surface area contributed by atoms with E-state index in [9.17, 15) is 0 Å². The van der Waals surface area contributed by atoms with E-state index in [2.05, 4.69) is 0 Å². The molecule has 0 spiro atoms. The highest BCUT2D eigenvalue weighted by atomic mass is 35.5. The molecule has 0 atom stereocenters. The molecule has 0 saturated carbocycles. The van der Waals surface area contributed by atoms with Gasteiger partial charge in [-0.05, 0) is 23.8 Å². The summed E-state index contributed by atoms with van der Waals surface area (Å²) in [6.45, 7) is 0. The van der Waals surface area contributed by atoms with Crippen LogP contribution in [0.4, 0.5) is 5.69 Å². The predicted octanol–water partition coefficient (Wildman–Crippen LogP) is 0.894. The van der Waals surface area contributed by atoms with E-state index in [1.54, 1.807) is 24.3 Å². The van der Waals surface area contributed by atoms with Gasteiger partial charge in [0.25, 0.3) is 0 Å². The second kappa shape index (κ2) is 4.61. The molecule has 0 aliphatic rings. The third-order valence-electron chi connectivity index (χ3n) is 1.81. The SMILES string of the molecule is NC(N)=C(/C=C(\N)Cl)c1ccc(N)cc1. The van der Waals surface area contributed by atoms with Crippen LogP contribution in [0.2, 0.25) is 0 Å². The van der Waals surface area contributed by atoms with Crippen molar-refractivity contribution in [2.45, 2.75) is 0 Å². The molecule has 0 saturated heterocycles. The summed E-state index contributed by atoms with van der Waals surface area (Å²) < 4.78 is 0. The van der Waals surface area contributed by atoms with Crippen molar-refractivity contribution >= 4 is 22.9 Å². The Morgan fingerprint density at radius 2 is 1.60 bits per heavy atom. The first kappa shape index (κ1) is 11.3. The van der Waals surface area contributed by atoms with E-state index in [-0.39, 0.29) is 11.0 Å². The average Bonchev–Trinajstić information content (AvgIpc) is 2.15. The van der Waals surface area contributed by atoms with Crippen molar-refractivity contribution in [1.29, 1.82) is 0 Å². The number of halogens is 1. The first-order chi connectivity index (χ1) is 7.00. The third kappa shape index (κ3) is 3.11. The van der Waals surface area contributed by atoms with Crippen molar-refractivity contribution in [1.82, 2.24) is 0 Å². The molecular formula is C10H13ClN4. The van der Waals surface area contributed by atoms with Crippen molar-refractivity contribution in [3.05, 3.63) is 46.9 Å². The lowest BCUT2D eigenvalue weighted by Gasteiger charge is -2.05. The van der Waals surface area contributed by atoms with Crippen LogP contribution in [-0.4, -0.2) is 0 Å². The Kier molecular flexibility index (Phi) is 3.46. The van der Waals surface area contributed by atoms with Crippen LogP contribution in [0.1, 0.15) is 5.56 Å². The molecule has 5 heteroatoms. The number of nitrogen functional groups attached to an aromatic ring is 1. The molecule has 15 heavy (non-hydrogen) atoms. The molecule has 0 heterocycles. The highest BCUT2D eigenvalue weighted by molar-refractivity contribution is 6.29. The van der Waals surface area contributed by atoms with Crippen molar-refractivity contribution in [2.24, 2.45) is 17.2 Å². The van der Waals surface area contributed by atoms with Gasteiger partial charge in [-0.1, -0.05) is 23.7 Å². The van der Waals surface area contributed by atoms with Crippen molar-refractivity contribution in [2.75, 3.05) is 5.73 Å². The van der Waals surface area contributed by atoms with Crippen LogP contribution in [0.3, 0.4) is 0 Å². The molecule has 4 nitrogen and oxygen atoms in total. The van der Waals surface area contributed by atoms with Gasteiger partial charge in [0.15, 0.2) is 0 Å². The summed E-state index contributed by atoms with van der Waals surface area (Å²) >= 11 is 5.57. The van der Waals surface area contributed by atoms with E-state index in [4.69, 9.17) is 34.5 Å². The molecule has 0 radical (unpaired) electrons. The zero-order chi connectivity index (χ0) is 11.4. The van der Waals surface area contributed by atoms with Gasteiger partial charge in [0.1, 0.15) is 5.82 Å². The van der Waals surface area contributed by atoms with Crippen LogP contribution in [0.25, 0.3) is 5.57 Å². The minimum Gasteiger partial charge on any atom is -0.399 e. The molecule has 0 fully saturated rings. The summed E-state index contributed by atoms with van der Waals surface area (Å²) in [5.41, 5.74) is 24.0. The molecule has 1 aromatic rings. The molecule has 0 aliphatic heterocycles. The first-order valence-electron chi connectivity index (χ1n) is 4.24. The fraction of sp³-hybridized carbons (Fsp3) is 0. The largest absolute Gasteiger partial charge is 0.399 e. The van der Waals surface area contributed by atoms with Crippen LogP contribution in [0.15, 0.2) is 41.3 Å². The summed E-state index contributed by atoms with van der Waals surface area (Å²) in [5.74, 6) is 0.156. The molecule has 1 aromatic carbocycles. The summed E-state index contributed by atoms with van der Waals surface area (Å²) in [4.78, 5) is 0. The summed E-state index contributed by atoms with van der Waals surface area (Å²) in [6, 6.07) is 7.08. The first-order valence-corrected chi connectivity index (χ1v) is 4.62. The minimum atomic E-state index is 0.121. The maximum absolute atomic E-state index is 5.57. The van der Waals surface area contributed by atoms with Crippen LogP contribution in [-0.2, 0) is 0 Å². The molecule has 8 N–H and O–H groups in total. The number of nitrogens with two attached hydrogens (primary N) is 4. The fourth-order valence-corrected chi connectivity index (χ4v) is 1.24. The maximum Gasteiger partial charge on any atom is 0.101 e. The van der Waals surface area contributed by atoms with E-state index >= 15 is 0 Å². The van der Waals surface area contributed by atoms with Gasteiger partial charge < -0.3 is 22.9 Å². The molecule has 0 unspecified atom stereocenters. The van der Waals surface area contributed by atoms with Crippen LogP contribution in [0.5, 0.6) is 0 Å². The number of anilines is 1. The highest BCUT2D eigenvalue weighted by Gasteiger charge is 2.02. The smallest absolute Gasteiger partial charge is 0.101 e. The van der Waals surface area contributed by atoms with E-state index in [1.807, 2.05) is 0 Å². The van der Waals surface area contributed by atoms with Gasteiger partial charge >= 0.3 is 0 Å². The highest BCUT2D eigenvalue weighted by Crippen LogP contribution is 2.19. The van der Waals surface area contributed by atoms with E-state index in [1.165, 1.54) is 6.08 Å². The molecule has 80 valence electrons. The molecule has 0 bridgehead atoms. The maximum atomic E-state index is 5.57. The number of allylic oxidation sites excluding steroid dienone is 2. The van der Waals surface area contributed by atoms with Crippen molar-refractivity contribution < 1.29 is 0 Å². The second-order valence-corrected chi connectivity index (χ2v) is 3.46. The standard InChI is InChI=1S/C10H13ClN4/c11-9(13)5-8(10(14)15)6-1-3-7(12)4-2-6/h1-5H,12-15H2/b9-5-. The molecule has 0 aromatic heterocycles.